The molecule has 2 aromatic carbocycles. The largest absolute Gasteiger partial charge is 0.457 e. The smallest absolute Gasteiger partial charge is 0.319 e. The molecule has 0 N–H and O–H groups in total. The highest BCUT2D eigenvalue weighted by molar-refractivity contribution is 8.00. The van der Waals surface area contributed by atoms with E-state index in [0.717, 1.165) is 4.90 Å². The normalized spacial score (nSPS) is 13.1. The van der Waals surface area contributed by atoms with E-state index in [1.807, 2.05) is 30.3 Å². The second-order valence-corrected chi connectivity index (χ2v) is 6.42. The molecule has 2 rings (SSSR count). The van der Waals surface area contributed by atoms with Gasteiger partial charge in [-0.05, 0) is 31.5 Å². The zero-order valence-electron chi connectivity index (χ0n) is 12.8. The van der Waals surface area contributed by atoms with Gasteiger partial charge in [0.05, 0.1) is 4.92 Å². The van der Waals surface area contributed by atoms with Gasteiger partial charge in [0.25, 0.3) is 5.69 Å². The maximum atomic E-state index is 12.2. The molecule has 6 heteroatoms. The van der Waals surface area contributed by atoms with Gasteiger partial charge in [-0.3, -0.25) is 14.9 Å². The molecule has 0 amide bonds. The van der Waals surface area contributed by atoms with Gasteiger partial charge >= 0.3 is 5.97 Å². The molecule has 0 saturated heterocycles. The van der Waals surface area contributed by atoms with Crippen molar-refractivity contribution in [3.8, 4) is 0 Å². The van der Waals surface area contributed by atoms with Crippen molar-refractivity contribution in [2.24, 2.45) is 0 Å². The minimum Gasteiger partial charge on any atom is -0.457 e. The molecule has 0 aliphatic heterocycles. The highest BCUT2D eigenvalue weighted by Gasteiger charge is 2.20. The highest BCUT2D eigenvalue weighted by Crippen LogP contribution is 2.27. The second kappa shape index (κ2) is 7.78. The van der Waals surface area contributed by atoms with Gasteiger partial charge in [0.15, 0.2) is 0 Å². The molecule has 0 aromatic heterocycles. The predicted molar refractivity (Wildman–Crippen MR) is 89.4 cm³/mol. The maximum absolute atomic E-state index is 12.2. The Balaban J connectivity index is 1.99. The summed E-state index contributed by atoms with van der Waals surface area (Å²) in [6.45, 7) is 3.48. The van der Waals surface area contributed by atoms with E-state index in [-0.39, 0.29) is 16.9 Å². The lowest BCUT2D eigenvalue weighted by molar-refractivity contribution is -0.385. The van der Waals surface area contributed by atoms with E-state index in [9.17, 15) is 14.9 Å². The summed E-state index contributed by atoms with van der Waals surface area (Å²) in [5.74, 6) is -0.349. The molecular formula is C17H17NO4S. The van der Waals surface area contributed by atoms with Gasteiger partial charge in [-0.1, -0.05) is 30.3 Å². The van der Waals surface area contributed by atoms with Crippen LogP contribution in [0.15, 0.2) is 59.5 Å². The number of esters is 1. The average molecular weight is 331 g/mol. The molecule has 0 saturated carbocycles. The number of carbonyl (C=O) groups is 1. The lowest BCUT2D eigenvalue weighted by Gasteiger charge is -2.17. The van der Waals surface area contributed by atoms with E-state index < -0.39 is 11.0 Å². The lowest BCUT2D eigenvalue weighted by Crippen LogP contribution is -2.18. The SMILES string of the molecule is C[C@@H](Sc1ccccc1)C(=O)O[C@H](C)c1cccc([N+](=O)[O-])c1. The van der Waals surface area contributed by atoms with Crippen LogP contribution in [0.5, 0.6) is 0 Å². The van der Waals surface area contributed by atoms with Crippen molar-refractivity contribution in [3.63, 3.8) is 0 Å². The van der Waals surface area contributed by atoms with E-state index in [1.165, 1.54) is 23.9 Å². The summed E-state index contributed by atoms with van der Waals surface area (Å²) in [6.07, 6.45) is -0.541. The monoisotopic (exact) mass is 331 g/mol. The molecule has 0 heterocycles. The van der Waals surface area contributed by atoms with Crippen molar-refractivity contribution in [3.05, 3.63) is 70.3 Å². The van der Waals surface area contributed by atoms with Gasteiger partial charge in [0.1, 0.15) is 11.4 Å². The Morgan fingerprint density at radius 2 is 1.83 bits per heavy atom. The number of ether oxygens (including phenoxy) is 1. The van der Waals surface area contributed by atoms with Gasteiger partial charge in [-0.15, -0.1) is 11.8 Å². The number of rotatable bonds is 6. The van der Waals surface area contributed by atoms with Gasteiger partial charge < -0.3 is 4.74 Å². The summed E-state index contributed by atoms with van der Waals surface area (Å²) in [4.78, 5) is 23.5. The molecule has 5 nitrogen and oxygen atoms in total. The third-order valence-electron chi connectivity index (χ3n) is 3.23. The first-order valence-electron chi connectivity index (χ1n) is 7.14. The molecule has 2 atom stereocenters. The fraction of sp³-hybridized carbons (Fsp3) is 0.235. The Labute approximate surface area is 138 Å². The quantitative estimate of drug-likeness (QED) is 0.340. The van der Waals surface area contributed by atoms with Crippen LogP contribution >= 0.6 is 11.8 Å². The zero-order chi connectivity index (χ0) is 16.8. The molecule has 0 bridgehead atoms. The summed E-state index contributed by atoms with van der Waals surface area (Å²) in [5.41, 5.74) is 0.585. The Morgan fingerprint density at radius 3 is 2.48 bits per heavy atom. The Bertz CT molecular complexity index is 690. The van der Waals surface area contributed by atoms with E-state index in [0.29, 0.717) is 5.56 Å². The number of non-ortho nitro benzene ring substituents is 1. The van der Waals surface area contributed by atoms with Crippen LogP contribution < -0.4 is 0 Å². The van der Waals surface area contributed by atoms with E-state index in [1.54, 1.807) is 26.0 Å². The van der Waals surface area contributed by atoms with Crippen molar-refractivity contribution in [2.75, 3.05) is 0 Å². The van der Waals surface area contributed by atoms with Crippen molar-refractivity contribution in [2.45, 2.75) is 30.1 Å². The summed E-state index contributed by atoms with van der Waals surface area (Å²) >= 11 is 1.41. The van der Waals surface area contributed by atoms with Gasteiger partial charge in [-0.2, -0.15) is 0 Å². The summed E-state index contributed by atoms with van der Waals surface area (Å²) < 4.78 is 5.42. The van der Waals surface area contributed by atoms with Crippen molar-refractivity contribution in [1.29, 1.82) is 0 Å². The summed E-state index contributed by atoms with van der Waals surface area (Å²) in [5, 5.41) is 10.4. The Morgan fingerprint density at radius 1 is 1.13 bits per heavy atom. The molecule has 0 aliphatic carbocycles. The summed E-state index contributed by atoms with van der Waals surface area (Å²) in [6, 6.07) is 15.7. The number of nitro benzene ring substituents is 1. The minimum atomic E-state index is -0.541. The molecule has 0 spiro atoms. The fourth-order valence-corrected chi connectivity index (χ4v) is 2.85. The number of carbonyl (C=O) groups excluding carboxylic acids is 1. The predicted octanol–water partition coefficient (Wildman–Crippen LogP) is 4.38. The zero-order valence-corrected chi connectivity index (χ0v) is 13.7. The first-order chi connectivity index (χ1) is 11.0. The number of hydrogen-bond donors (Lipinski definition) is 0. The van der Waals surface area contributed by atoms with Crippen LogP contribution in [0.3, 0.4) is 0 Å². The highest BCUT2D eigenvalue weighted by atomic mass is 32.2. The van der Waals surface area contributed by atoms with Crippen molar-refractivity contribution in [1.82, 2.24) is 0 Å². The van der Waals surface area contributed by atoms with Crippen LogP contribution in [0.4, 0.5) is 5.69 Å². The maximum Gasteiger partial charge on any atom is 0.319 e. The minimum absolute atomic E-state index is 0.0166. The topological polar surface area (TPSA) is 69.4 Å². The van der Waals surface area contributed by atoms with Crippen LogP contribution in [0.2, 0.25) is 0 Å². The first kappa shape index (κ1) is 17.0. The molecule has 0 unspecified atom stereocenters. The second-order valence-electron chi connectivity index (χ2n) is 5.00. The van der Waals surface area contributed by atoms with Gasteiger partial charge in [-0.25, -0.2) is 0 Å². The number of thioether (sulfide) groups is 1. The third-order valence-corrected chi connectivity index (χ3v) is 4.32. The standard InChI is InChI=1S/C17H17NO4S/c1-12(14-7-6-8-15(11-14)18(20)21)22-17(19)13(2)23-16-9-4-3-5-10-16/h3-13H,1-2H3/t12-,13-/m1/s1. The third kappa shape index (κ3) is 4.82. The molecule has 120 valence electrons. The number of benzene rings is 2. The first-order valence-corrected chi connectivity index (χ1v) is 8.02. The van der Waals surface area contributed by atoms with Crippen molar-refractivity contribution < 1.29 is 14.5 Å². The van der Waals surface area contributed by atoms with Crippen molar-refractivity contribution >= 4 is 23.4 Å². The van der Waals surface area contributed by atoms with Crippen LogP contribution in [0.25, 0.3) is 0 Å². The molecule has 0 fully saturated rings. The van der Waals surface area contributed by atoms with E-state index in [4.69, 9.17) is 4.74 Å². The molecular weight excluding hydrogens is 314 g/mol. The van der Waals surface area contributed by atoms with Crippen LogP contribution in [-0.2, 0) is 9.53 Å². The summed E-state index contributed by atoms with van der Waals surface area (Å²) in [7, 11) is 0. The number of hydrogen-bond acceptors (Lipinski definition) is 5. The molecule has 0 radical (unpaired) electrons. The van der Waals surface area contributed by atoms with Gasteiger partial charge in [0.2, 0.25) is 0 Å². The number of nitro groups is 1. The lowest BCUT2D eigenvalue weighted by atomic mass is 10.1. The fourth-order valence-electron chi connectivity index (χ4n) is 1.98. The Hall–Kier alpha value is -2.34. The average Bonchev–Trinajstić information content (AvgIpc) is 2.55. The Kier molecular flexibility index (Phi) is 5.76. The van der Waals surface area contributed by atoms with Crippen LogP contribution in [0, 0.1) is 10.1 Å². The van der Waals surface area contributed by atoms with E-state index >= 15 is 0 Å². The number of nitrogens with zero attached hydrogens (tertiary/aromatic N) is 1. The molecule has 0 aliphatic rings. The molecule has 2 aromatic rings. The van der Waals surface area contributed by atoms with Gasteiger partial charge in [0, 0.05) is 17.0 Å². The molecule has 23 heavy (non-hydrogen) atoms. The van der Waals surface area contributed by atoms with Crippen LogP contribution in [-0.4, -0.2) is 16.1 Å². The van der Waals surface area contributed by atoms with E-state index in [2.05, 4.69) is 0 Å². The van der Waals surface area contributed by atoms with Crippen LogP contribution in [0.1, 0.15) is 25.5 Å².